The second kappa shape index (κ2) is 17.7. The van der Waals surface area contributed by atoms with Gasteiger partial charge in [-0.15, -0.1) is 0 Å². The van der Waals surface area contributed by atoms with Gasteiger partial charge in [0.1, 0.15) is 6.04 Å². The van der Waals surface area contributed by atoms with E-state index >= 15 is 0 Å². The number of unbranched alkanes of at least 4 members (excludes halogenated alkanes) is 1. The zero-order valence-corrected chi connectivity index (χ0v) is 33.0. The Morgan fingerprint density at radius 1 is 0.618 bits per heavy atom. The van der Waals surface area contributed by atoms with Crippen LogP contribution >= 0.6 is 0 Å². The molecular formula is C45H64N6O4. The maximum Gasteiger partial charge on any atom is 0.328 e. The van der Waals surface area contributed by atoms with Crippen LogP contribution in [0.5, 0.6) is 0 Å². The molecule has 2 aromatic rings. The minimum Gasteiger partial charge on any atom is -0.467 e. The Kier molecular flexibility index (Phi) is 12.3. The van der Waals surface area contributed by atoms with Crippen molar-refractivity contribution in [2.24, 2.45) is 11.8 Å². The van der Waals surface area contributed by atoms with Gasteiger partial charge < -0.3 is 26.0 Å². The van der Waals surface area contributed by atoms with Crippen molar-refractivity contribution in [1.82, 2.24) is 31.1 Å². The Balaban J connectivity index is 0.667. The quantitative estimate of drug-likeness (QED) is 0.108. The van der Waals surface area contributed by atoms with E-state index in [0.717, 1.165) is 51.0 Å². The largest absolute Gasteiger partial charge is 0.467 e. The minimum absolute atomic E-state index is 0.111. The van der Waals surface area contributed by atoms with Gasteiger partial charge in [-0.25, -0.2) is 14.4 Å². The van der Waals surface area contributed by atoms with E-state index in [9.17, 15) is 14.4 Å². The maximum atomic E-state index is 13.0. The Hall–Kier alpha value is -3.63. The molecule has 4 heterocycles. The van der Waals surface area contributed by atoms with Gasteiger partial charge in [-0.05, 0) is 156 Å². The van der Waals surface area contributed by atoms with Gasteiger partial charge in [-0.2, -0.15) is 0 Å². The highest BCUT2D eigenvalue weighted by Gasteiger charge is 2.44. The molecule has 4 unspecified atom stereocenters. The second-order valence-electron chi connectivity index (χ2n) is 17.6. The van der Waals surface area contributed by atoms with Gasteiger partial charge in [0.25, 0.3) is 0 Å². The predicted molar refractivity (Wildman–Crippen MR) is 214 cm³/mol. The maximum absolute atomic E-state index is 13.0. The number of carbonyl (C=O) groups excluding carboxylic acids is 3. The first-order valence-electron chi connectivity index (χ1n) is 21.8. The van der Waals surface area contributed by atoms with Gasteiger partial charge in [0, 0.05) is 42.8 Å². The highest BCUT2D eigenvalue weighted by Crippen LogP contribution is 2.54. The third-order valence-corrected chi connectivity index (χ3v) is 14.4. The summed E-state index contributed by atoms with van der Waals surface area (Å²) in [7, 11) is 1.36. The number of urea groups is 2. The van der Waals surface area contributed by atoms with Crippen LogP contribution in [0.15, 0.2) is 48.5 Å². The lowest BCUT2D eigenvalue weighted by atomic mass is 9.84. The van der Waals surface area contributed by atoms with Gasteiger partial charge >= 0.3 is 18.0 Å². The summed E-state index contributed by atoms with van der Waals surface area (Å²) in [6, 6.07) is 19.7. The lowest BCUT2D eigenvalue weighted by Gasteiger charge is -2.31. The Morgan fingerprint density at radius 2 is 1.05 bits per heavy atom. The Labute approximate surface area is 328 Å². The summed E-state index contributed by atoms with van der Waals surface area (Å²) in [5.41, 5.74) is 6.22. The van der Waals surface area contributed by atoms with Gasteiger partial charge in [-0.1, -0.05) is 48.5 Å². The number of nitrogens with one attached hydrogen (secondary N) is 4. The lowest BCUT2D eigenvalue weighted by Crippen LogP contribution is -2.50. The summed E-state index contributed by atoms with van der Waals surface area (Å²) in [5, 5.41) is 12.2. The standard InChI is InChI=1S/C45H64N6O4/c1-55-43(52)38(49-45(54)48-33-19-15-31(16-20-33)26-29-51-41-23-24-42(51)37-11-5-4-10-36(37)41)12-6-7-27-46-44(53)47-32-17-13-30(14-18-32)25-28-50-39-21-22-40(50)35-9-3-2-8-34(35)39/h2-5,8-11,30-33,38-42H,6-7,12-29H2,1H3,(H2,46,47,53)(H2,48,49,54)/t30?,31?,32?,33?,38-,39?,40?,41?,42?/m0/s1. The lowest BCUT2D eigenvalue weighted by molar-refractivity contribution is -0.143. The van der Waals surface area contributed by atoms with Crippen LogP contribution in [-0.2, 0) is 9.53 Å². The molecule has 4 bridgehead atoms. The fourth-order valence-electron chi connectivity index (χ4n) is 11.5. The van der Waals surface area contributed by atoms with Crippen LogP contribution in [0, 0.1) is 11.8 Å². The van der Waals surface area contributed by atoms with Crippen molar-refractivity contribution in [2.75, 3.05) is 26.7 Å². The first kappa shape index (κ1) is 38.3. The van der Waals surface area contributed by atoms with Gasteiger partial charge in [0.2, 0.25) is 0 Å². The van der Waals surface area contributed by atoms with Crippen molar-refractivity contribution in [3.05, 3.63) is 70.8 Å². The summed E-state index contributed by atoms with van der Waals surface area (Å²) < 4.78 is 5.01. The fourth-order valence-corrected chi connectivity index (χ4v) is 11.5. The van der Waals surface area contributed by atoms with E-state index in [2.05, 4.69) is 79.6 Å². The summed E-state index contributed by atoms with van der Waals surface area (Å²) in [6.07, 6.45) is 18.1. The molecule has 0 aromatic heterocycles. The minimum atomic E-state index is -0.707. The van der Waals surface area contributed by atoms with Crippen LogP contribution in [0.1, 0.15) is 156 Å². The number of esters is 1. The molecule has 298 valence electrons. The number of rotatable bonds is 15. The van der Waals surface area contributed by atoms with Crippen molar-refractivity contribution in [2.45, 2.75) is 151 Å². The zero-order valence-electron chi connectivity index (χ0n) is 33.0. The van der Waals surface area contributed by atoms with Crippen LogP contribution in [0.25, 0.3) is 0 Å². The Morgan fingerprint density at radius 3 is 1.49 bits per heavy atom. The predicted octanol–water partition coefficient (Wildman–Crippen LogP) is 7.98. The van der Waals surface area contributed by atoms with E-state index in [4.69, 9.17) is 4.74 Å². The normalized spacial score (nSPS) is 30.0. The van der Waals surface area contributed by atoms with Crippen LogP contribution < -0.4 is 21.3 Å². The molecule has 2 saturated heterocycles. The fraction of sp³-hybridized carbons (Fsp3) is 0.667. The number of hydrogen-bond donors (Lipinski definition) is 4. The third-order valence-electron chi connectivity index (χ3n) is 14.4. The highest BCUT2D eigenvalue weighted by atomic mass is 16.5. The average molecular weight is 753 g/mol. The summed E-state index contributed by atoms with van der Waals surface area (Å²) in [6.45, 7) is 2.87. The topological polar surface area (TPSA) is 115 Å². The van der Waals surface area contributed by atoms with Crippen molar-refractivity contribution < 1.29 is 19.1 Å². The number of ether oxygens (including phenoxy) is 1. The number of methoxy groups -OCH3 is 1. The van der Waals surface area contributed by atoms with E-state index in [0.29, 0.717) is 55.9 Å². The smallest absolute Gasteiger partial charge is 0.328 e. The number of carbonyl (C=O) groups is 3. The van der Waals surface area contributed by atoms with Crippen LogP contribution in [0.3, 0.4) is 0 Å². The molecule has 4 N–H and O–H groups in total. The molecule has 5 atom stereocenters. The molecule has 4 fully saturated rings. The molecule has 4 amide bonds. The number of nitrogens with zero attached hydrogens (tertiary/aromatic N) is 2. The van der Waals surface area contributed by atoms with Crippen molar-refractivity contribution in [1.29, 1.82) is 0 Å². The number of fused-ring (bicyclic) bond motifs is 10. The molecule has 10 heteroatoms. The van der Waals surface area contributed by atoms with Crippen molar-refractivity contribution >= 4 is 18.0 Å². The number of hydrogen-bond acceptors (Lipinski definition) is 6. The van der Waals surface area contributed by atoms with Crippen LogP contribution in [0.4, 0.5) is 9.59 Å². The average Bonchev–Trinajstić information content (AvgIpc) is 3.98. The van der Waals surface area contributed by atoms with Crippen LogP contribution in [-0.4, -0.2) is 72.7 Å². The molecular weight excluding hydrogens is 689 g/mol. The van der Waals surface area contributed by atoms with Gasteiger partial charge in [-0.3, -0.25) is 9.80 Å². The molecule has 2 aromatic carbocycles. The zero-order chi connectivity index (χ0) is 37.7. The third kappa shape index (κ3) is 8.70. The monoisotopic (exact) mass is 752 g/mol. The van der Waals surface area contributed by atoms with Gasteiger partial charge in [0.05, 0.1) is 7.11 Å². The summed E-state index contributed by atoms with van der Waals surface area (Å²) >= 11 is 0. The molecule has 4 aliphatic heterocycles. The van der Waals surface area contributed by atoms with Crippen molar-refractivity contribution in [3.63, 3.8) is 0 Å². The number of benzene rings is 2. The molecule has 2 aliphatic carbocycles. The summed E-state index contributed by atoms with van der Waals surface area (Å²) in [5.74, 6) is 1.00. The molecule has 0 radical (unpaired) electrons. The van der Waals surface area contributed by atoms with E-state index in [1.54, 1.807) is 22.3 Å². The first-order valence-corrected chi connectivity index (χ1v) is 21.8. The van der Waals surface area contributed by atoms with E-state index in [1.165, 1.54) is 65.0 Å². The molecule has 55 heavy (non-hydrogen) atoms. The highest BCUT2D eigenvalue weighted by molar-refractivity contribution is 5.83. The second-order valence-corrected chi connectivity index (χ2v) is 17.6. The summed E-state index contributed by atoms with van der Waals surface area (Å²) in [4.78, 5) is 43.7. The Bertz CT molecular complexity index is 1570. The molecule has 6 aliphatic rings. The molecule has 8 rings (SSSR count). The van der Waals surface area contributed by atoms with E-state index in [1.807, 2.05) is 0 Å². The van der Waals surface area contributed by atoms with E-state index in [-0.39, 0.29) is 24.1 Å². The van der Waals surface area contributed by atoms with Crippen LogP contribution in [0.2, 0.25) is 0 Å². The molecule has 2 saturated carbocycles. The first-order chi connectivity index (χ1) is 26.9. The van der Waals surface area contributed by atoms with E-state index < -0.39 is 12.0 Å². The van der Waals surface area contributed by atoms with Gasteiger partial charge in [0.15, 0.2) is 0 Å². The molecule has 10 nitrogen and oxygen atoms in total. The SMILES string of the molecule is COC(=O)[C@H](CCCCNC(=O)NC1CCC(CCN2C3CCC2c2ccccc23)CC1)NC(=O)NC1CCC(CCN2C3CCC2c2ccccc23)CC1. The van der Waals surface area contributed by atoms with Crippen molar-refractivity contribution in [3.8, 4) is 0 Å². The number of amides is 4. The molecule has 0 spiro atoms.